The molecule has 6 nitrogen and oxygen atoms in total. The van der Waals surface area contributed by atoms with Gasteiger partial charge in [0.05, 0.1) is 0 Å². The molecule has 1 heterocycles. The van der Waals surface area contributed by atoms with Crippen LogP contribution in [0.4, 0.5) is 0 Å². The Morgan fingerprint density at radius 2 is 0.478 bits per heavy atom. The molecule has 0 spiro atoms. The van der Waals surface area contributed by atoms with Gasteiger partial charge in [0, 0.05) is 22.3 Å². The highest BCUT2D eigenvalue weighted by Gasteiger charge is 2.21. The molecule has 0 bridgehead atoms. The van der Waals surface area contributed by atoms with Crippen molar-refractivity contribution >= 4 is 22.8 Å². The van der Waals surface area contributed by atoms with E-state index in [0.29, 0.717) is 34.3 Å². The molecule has 0 atom stereocenters. The number of benzene rings is 6. The van der Waals surface area contributed by atoms with Crippen LogP contribution in [0.1, 0.15) is 22.3 Å². The quantitative estimate of drug-likeness (QED) is 0.176. The second-order valence-corrected chi connectivity index (χ2v) is 10.4. The second-order valence-electron chi connectivity index (χ2n) is 10.4. The lowest BCUT2D eigenvalue weighted by Gasteiger charge is -2.15. The molecule has 6 aromatic rings. The summed E-state index contributed by atoms with van der Waals surface area (Å²) in [5.41, 5.74) is 5.82. The fourth-order valence-corrected chi connectivity index (χ4v) is 4.97. The van der Waals surface area contributed by atoms with Gasteiger partial charge >= 0.3 is 0 Å². The molecule has 1 aliphatic rings. The van der Waals surface area contributed by atoms with Crippen LogP contribution in [-0.2, 0) is 0 Å². The monoisotopic (exact) mass is 596 g/mol. The fraction of sp³-hybridized carbons (Fsp3) is 0. The van der Waals surface area contributed by atoms with Crippen LogP contribution in [0.5, 0.6) is 23.0 Å². The first-order valence-corrected chi connectivity index (χ1v) is 14.9. The minimum atomic E-state index is 0.576. The third kappa shape index (κ3) is 6.56. The normalized spacial score (nSPS) is 15.1. The van der Waals surface area contributed by atoms with E-state index in [1.165, 1.54) is 0 Å². The Morgan fingerprint density at radius 3 is 0.783 bits per heavy atom. The third-order valence-corrected chi connectivity index (χ3v) is 7.26. The van der Waals surface area contributed by atoms with E-state index in [4.69, 9.17) is 29.9 Å². The first kappa shape index (κ1) is 28.4. The standard InChI is InChI=1S/C40H28N4O2/c1-5-13-29(14-6-1)37-38(30-15-7-2-8-16-30)42-44-40(32-23-27-36(28-24-32)46-34-19-11-4-12-20-34)39(43-41-37)31-21-25-35(26-22-31)45-33-17-9-3-10-18-33/h1-28H/b38-37?,40-39?,41-37-,42-38-,43-39?,43-41?,44-40?,44-42?. The summed E-state index contributed by atoms with van der Waals surface area (Å²) in [6.45, 7) is 0. The van der Waals surface area contributed by atoms with E-state index >= 15 is 0 Å². The lowest BCUT2D eigenvalue weighted by atomic mass is 9.98. The minimum Gasteiger partial charge on any atom is -0.457 e. The predicted octanol–water partition coefficient (Wildman–Crippen LogP) is 9.37. The molecule has 220 valence electrons. The van der Waals surface area contributed by atoms with Gasteiger partial charge in [0.2, 0.25) is 0 Å². The lowest BCUT2D eigenvalue weighted by Crippen LogP contribution is -2.22. The van der Waals surface area contributed by atoms with Crippen molar-refractivity contribution in [3.63, 3.8) is 0 Å². The predicted molar refractivity (Wildman–Crippen MR) is 185 cm³/mol. The fourth-order valence-electron chi connectivity index (χ4n) is 4.97. The average Bonchev–Trinajstić information content (AvgIpc) is 3.11. The van der Waals surface area contributed by atoms with Gasteiger partial charge < -0.3 is 9.47 Å². The van der Waals surface area contributed by atoms with Crippen LogP contribution in [0.2, 0.25) is 0 Å². The lowest BCUT2D eigenvalue weighted by molar-refractivity contribution is 0.482. The van der Waals surface area contributed by atoms with Crippen LogP contribution in [0.3, 0.4) is 0 Å². The molecule has 0 saturated carbocycles. The van der Waals surface area contributed by atoms with Crippen LogP contribution < -0.4 is 9.47 Å². The Bertz CT molecular complexity index is 1890. The molecular weight excluding hydrogens is 568 g/mol. The third-order valence-electron chi connectivity index (χ3n) is 7.26. The minimum absolute atomic E-state index is 0.576. The zero-order valence-electron chi connectivity index (χ0n) is 24.8. The van der Waals surface area contributed by atoms with Gasteiger partial charge in [-0.1, -0.05) is 97.1 Å². The summed E-state index contributed by atoms with van der Waals surface area (Å²) in [5, 5.41) is 19.4. The molecule has 0 unspecified atom stereocenters. The SMILES string of the molecule is c1ccc(Oc2ccc(C3=N/N=C(c4ccccc4)\C(c4ccccc4)=N/N=C3c3ccc(Oc4ccccc4)cc3)cc2)cc1. The molecule has 0 saturated heterocycles. The van der Waals surface area contributed by atoms with Crippen LogP contribution in [0, 0.1) is 0 Å². The summed E-state index contributed by atoms with van der Waals surface area (Å²) in [4.78, 5) is 0. The average molecular weight is 597 g/mol. The van der Waals surface area contributed by atoms with Crippen molar-refractivity contribution < 1.29 is 9.47 Å². The van der Waals surface area contributed by atoms with E-state index in [1.807, 2.05) is 170 Å². The molecular formula is C40H28N4O2. The molecule has 7 rings (SSSR count). The Balaban J connectivity index is 1.32. The van der Waals surface area contributed by atoms with Gasteiger partial charge in [0.1, 0.15) is 45.8 Å². The first-order chi connectivity index (χ1) is 22.8. The van der Waals surface area contributed by atoms with Crippen molar-refractivity contribution in [2.75, 3.05) is 0 Å². The topological polar surface area (TPSA) is 67.9 Å². The molecule has 1 aliphatic heterocycles. The second kappa shape index (κ2) is 13.5. The van der Waals surface area contributed by atoms with Gasteiger partial charge in [0.15, 0.2) is 0 Å². The highest BCUT2D eigenvalue weighted by atomic mass is 16.5. The maximum atomic E-state index is 6.04. The van der Waals surface area contributed by atoms with Crippen molar-refractivity contribution in [2.24, 2.45) is 20.4 Å². The summed E-state index contributed by atoms with van der Waals surface area (Å²) < 4.78 is 12.1. The van der Waals surface area contributed by atoms with E-state index in [1.54, 1.807) is 0 Å². The number of ether oxygens (including phenoxy) is 2. The molecule has 0 aliphatic carbocycles. The van der Waals surface area contributed by atoms with E-state index in [-0.39, 0.29) is 0 Å². The van der Waals surface area contributed by atoms with Gasteiger partial charge in [-0.2, -0.15) is 0 Å². The highest BCUT2D eigenvalue weighted by molar-refractivity contribution is 6.56. The zero-order valence-corrected chi connectivity index (χ0v) is 24.8. The molecule has 6 heteroatoms. The Kier molecular flexibility index (Phi) is 8.32. The maximum absolute atomic E-state index is 6.04. The van der Waals surface area contributed by atoms with Crippen molar-refractivity contribution in [2.45, 2.75) is 0 Å². The Morgan fingerprint density at radius 1 is 0.239 bits per heavy atom. The van der Waals surface area contributed by atoms with Gasteiger partial charge in [-0.05, 0) is 72.8 Å². The molecule has 0 aromatic heterocycles. The van der Waals surface area contributed by atoms with E-state index in [9.17, 15) is 0 Å². The number of hydrogen-bond acceptors (Lipinski definition) is 6. The maximum Gasteiger partial charge on any atom is 0.127 e. The summed E-state index contributed by atoms with van der Waals surface area (Å²) >= 11 is 0. The van der Waals surface area contributed by atoms with Gasteiger partial charge in [0.25, 0.3) is 0 Å². The van der Waals surface area contributed by atoms with Crippen molar-refractivity contribution in [3.8, 4) is 23.0 Å². The first-order valence-electron chi connectivity index (χ1n) is 14.9. The summed E-state index contributed by atoms with van der Waals surface area (Å²) in [7, 11) is 0. The number of hydrogen-bond donors (Lipinski definition) is 0. The van der Waals surface area contributed by atoms with E-state index in [0.717, 1.165) is 33.8 Å². The highest BCUT2D eigenvalue weighted by Crippen LogP contribution is 2.25. The van der Waals surface area contributed by atoms with Gasteiger partial charge in [-0.3, -0.25) is 0 Å². The summed E-state index contributed by atoms with van der Waals surface area (Å²) in [6.07, 6.45) is 0. The van der Waals surface area contributed by atoms with Crippen LogP contribution in [-0.4, -0.2) is 22.8 Å². The Hall–Kier alpha value is -6.40. The van der Waals surface area contributed by atoms with Gasteiger partial charge in [-0.15, -0.1) is 20.4 Å². The number of rotatable bonds is 8. The molecule has 0 radical (unpaired) electrons. The van der Waals surface area contributed by atoms with Crippen molar-refractivity contribution in [1.82, 2.24) is 0 Å². The molecule has 46 heavy (non-hydrogen) atoms. The van der Waals surface area contributed by atoms with Crippen molar-refractivity contribution in [1.29, 1.82) is 0 Å². The van der Waals surface area contributed by atoms with Crippen LogP contribution in [0.15, 0.2) is 190 Å². The zero-order chi connectivity index (χ0) is 31.0. The van der Waals surface area contributed by atoms with Crippen LogP contribution >= 0.6 is 0 Å². The summed E-state index contributed by atoms with van der Waals surface area (Å²) in [6, 6.07) is 54.7. The molecule has 0 amide bonds. The van der Waals surface area contributed by atoms with Crippen LogP contribution in [0.25, 0.3) is 0 Å². The largest absolute Gasteiger partial charge is 0.457 e. The summed E-state index contributed by atoms with van der Waals surface area (Å²) in [5.74, 6) is 2.94. The molecule has 0 fully saturated rings. The van der Waals surface area contributed by atoms with Crippen molar-refractivity contribution in [3.05, 3.63) is 192 Å². The number of nitrogens with zero attached hydrogens (tertiary/aromatic N) is 4. The van der Waals surface area contributed by atoms with E-state index < -0.39 is 0 Å². The smallest absolute Gasteiger partial charge is 0.127 e. The van der Waals surface area contributed by atoms with E-state index in [2.05, 4.69) is 0 Å². The molecule has 6 aromatic carbocycles. The number of para-hydroxylation sites is 2. The van der Waals surface area contributed by atoms with Gasteiger partial charge in [-0.25, -0.2) is 0 Å². The molecule has 0 N–H and O–H groups in total. The Labute approximate surface area is 267 Å².